The number of imide groups is 1. The second kappa shape index (κ2) is 6.55. The molecule has 0 radical (unpaired) electrons. The van der Waals surface area contributed by atoms with E-state index in [4.69, 9.17) is 21.1 Å². The van der Waals surface area contributed by atoms with E-state index < -0.39 is 23.9 Å². The van der Waals surface area contributed by atoms with Gasteiger partial charge < -0.3 is 9.47 Å². The molecule has 0 saturated carbocycles. The number of methoxy groups -OCH3 is 2. The molecule has 2 aliphatic rings. The Morgan fingerprint density at radius 1 is 0.926 bits per heavy atom. The summed E-state index contributed by atoms with van der Waals surface area (Å²) in [6.07, 6.45) is 0. The van der Waals surface area contributed by atoms with Crippen LogP contribution in [0.4, 0.5) is 11.4 Å². The van der Waals surface area contributed by atoms with Crippen LogP contribution in [0.25, 0.3) is 0 Å². The SMILES string of the molecule is COc1cc(OC)cc(N2C(=O)[C@H]3N=NN(c4ccc(Cl)cc4)[C@@H]3C2=O)c1. The molecule has 2 heterocycles. The number of hydrogen-bond donors (Lipinski definition) is 0. The zero-order valence-corrected chi connectivity index (χ0v) is 15.3. The third-order valence-corrected chi connectivity index (χ3v) is 4.72. The molecule has 1 saturated heterocycles. The van der Waals surface area contributed by atoms with Gasteiger partial charge in [0, 0.05) is 23.2 Å². The third kappa shape index (κ3) is 2.78. The van der Waals surface area contributed by atoms with Crippen molar-refractivity contribution in [3.63, 3.8) is 0 Å². The Labute approximate surface area is 159 Å². The summed E-state index contributed by atoms with van der Waals surface area (Å²) in [5.74, 6) is 0.0807. The first-order valence-corrected chi connectivity index (χ1v) is 8.47. The zero-order valence-electron chi connectivity index (χ0n) is 14.5. The van der Waals surface area contributed by atoms with Gasteiger partial charge >= 0.3 is 0 Å². The molecule has 2 aliphatic heterocycles. The first-order chi connectivity index (χ1) is 13.0. The van der Waals surface area contributed by atoms with E-state index >= 15 is 0 Å². The number of rotatable bonds is 4. The molecule has 2 aromatic rings. The normalized spacial score (nSPS) is 21.0. The summed E-state index contributed by atoms with van der Waals surface area (Å²) in [6, 6.07) is 9.94. The Morgan fingerprint density at radius 3 is 2.15 bits per heavy atom. The summed E-state index contributed by atoms with van der Waals surface area (Å²) >= 11 is 5.92. The van der Waals surface area contributed by atoms with E-state index in [0.29, 0.717) is 27.9 Å². The number of ether oxygens (including phenoxy) is 2. The molecule has 9 heteroatoms. The topological polar surface area (TPSA) is 83.8 Å². The van der Waals surface area contributed by atoms with Crippen molar-refractivity contribution in [3.05, 3.63) is 47.5 Å². The molecule has 2 amide bonds. The van der Waals surface area contributed by atoms with E-state index in [-0.39, 0.29) is 0 Å². The minimum Gasteiger partial charge on any atom is -0.497 e. The van der Waals surface area contributed by atoms with Crippen LogP contribution in [0.2, 0.25) is 5.02 Å². The van der Waals surface area contributed by atoms with Crippen molar-refractivity contribution < 1.29 is 19.1 Å². The Bertz CT molecular complexity index is 925. The van der Waals surface area contributed by atoms with Crippen LogP contribution >= 0.6 is 11.6 Å². The molecule has 2 aromatic carbocycles. The quantitative estimate of drug-likeness (QED) is 0.754. The third-order valence-electron chi connectivity index (χ3n) is 4.47. The molecule has 27 heavy (non-hydrogen) atoms. The Morgan fingerprint density at radius 2 is 1.56 bits per heavy atom. The summed E-state index contributed by atoms with van der Waals surface area (Å²) in [7, 11) is 2.99. The van der Waals surface area contributed by atoms with Crippen LogP contribution < -0.4 is 19.4 Å². The molecule has 1 fully saturated rings. The summed E-state index contributed by atoms with van der Waals surface area (Å²) < 4.78 is 10.5. The van der Waals surface area contributed by atoms with Crippen LogP contribution in [0.1, 0.15) is 0 Å². The summed E-state index contributed by atoms with van der Waals surface area (Å²) in [6.45, 7) is 0. The molecule has 0 N–H and O–H groups in total. The smallest absolute Gasteiger partial charge is 0.263 e. The van der Waals surface area contributed by atoms with E-state index in [0.717, 1.165) is 4.90 Å². The fraction of sp³-hybridized carbons (Fsp3) is 0.222. The van der Waals surface area contributed by atoms with E-state index in [1.54, 1.807) is 42.5 Å². The molecule has 0 aliphatic carbocycles. The lowest BCUT2D eigenvalue weighted by atomic mass is 10.1. The van der Waals surface area contributed by atoms with E-state index in [9.17, 15) is 9.59 Å². The van der Waals surface area contributed by atoms with Gasteiger partial charge in [0.05, 0.1) is 25.6 Å². The molecule has 0 aromatic heterocycles. The van der Waals surface area contributed by atoms with Gasteiger partial charge in [-0.05, 0) is 24.3 Å². The van der Waals surface area contributed by atoms with Crippen molar-refractivity contribution >= 4 is 34.8 Å². The highest BCUT2D eigenvalue weighted by molar-refractivity contribution is 6.30. The average molecular weight is 387 g/mol. The van der Waals surface area contributed by atoms with Gasteiger partial charge in [-0.2, -0.15) is 5.11 Å². The standard InChI is InChI=1S/C18H15ClN4O4/c1-26-13-7-12(8-14(9-13)27-2)22-17(24)15-16(18(22)25)23(21-20-15)11-5-3-10(19)4-6-11/h3-9,15-16H,1-2H3/t15-,16-/m0/s1. The zero-order chi connectivity index (χ0) is 19.1. The fourth-order valence-corrected chi connectivity index (χ4v) is 3.27. The number of fused-ring (bicyclic) bond motifs is 1. The Hall–Kier alpha value is -3.13. The molecule has 0 unspecified atom stereocenters. The van der Waals surface area contributed by atoms with Crippen LogP contribution in [-0.4, -0.2) is 38.1 Å². The Kier molecular flexibility index (Phi) is 4.19. The van der Waals surface area contributed by atoms with Gasteiger partial charge in [0.25, 0.3) is 11.8 Å². The van der Waals surface area contributed by atoms with Crippen molar-refractivity contribution in [1.29, 1.82) is 0 Å². The first-order valence-electron chi connectivity index (χ1n) is 8.10. The number of benzene rings is 2. The minimum absolute atomic E-state index is 0.363. The molecular formula is C18H15ClN4O4. The van der Waals surface area contributed by atoms with Gasteiger partial charge in [-0.1, -0.05) is 16.8 Å². The van der Waals surface area contributed by atoms with Crippen LogP contribution in [0.5, 0.6) is 11.5 Å². The first kappa shape index (κ1) is 17.3. The number of amides is 2. The van der Waals surface area contributed by atoms with E-state index in [1.807, 2.05) is 0 Å². The molecule has 4 rings (SSSR count). The number of halogens is 1. The van der Waals surface area contributed by atoms with Gasteiger partial charge in [-0.3, -0.25) is 9.59 Å². The highest BCUT2D eigenvalue weighted by Gasteiger charge is 2.55. The van der Waals surface area contributed by atoms with Crippen LogP contribution in [0, 0.1) is 0 Å². The molecule has 2 atom stereocenters. The van der Waals surface area contributed by atoms with Gasteiger partial charge in [-0.25, -0.2) is 9.91 Å². The summed E-state index contributed by atoms with van der Waals surface area (Å²) in [4.78, 5) is 27.0. The predicted molar refractivity (Wildman–Crippen MR) is 98.4 cm³/mol. The van der Waals surface area contributed by atoms with Crippen molar-refractivity contribution in [2.45, 2.75) is 12.1 Å². The summed E-state index contributed by atoms with van der Waals surface area (Å²) in [5.41, 5.74) is 0.990. The Balaban J connectivity index is 1.71. The lowest BCUT2D eigenvalue weighted by Crippen LogP contribution is -2.39. The number of anilines is 2. The average Bonchev–Trinajstić information content (AvgIpc) is 3.22. The van der Waals surface area contributed by atoms with Crippen molar-refractivity contribution in [2.75, 3.05) is 24.1 Å². The van der Waals surface area contributed by atoms with E-state index in [2.05, 4.69) is 10.3 Å². The van der Waals surface area contributed by atoms with E-state index in [1.165, 1.54) is 19.2 Å². The summed E-state index contributed by atoms with van der Waals surface area (Å²) in [5, 5.41) is 10.0. The van der Waals surface area contributed by atoms with Gasteiger partial charge in [0.2, 0.25) is 0 Å². The highest BCUT2D eigenvalue weighted by atomic mass is 35.5. The number of carbonyl (C=O) groups is 2. The number of hydrogen-bond acceptors (Lipinski definition) is 7. The van der Waals surface area contributed by atoms with Crippen LogP contribution in [-0.2, 0) is 9.59 Å². The maximum Gasteiger partial charge on any atom is 0.263 e. The van der Waals surface area contributed by atoms with Gasteiger partial charge in [-0.15, -0.1) is 0 Å². The fourth-order valence-electron chi connectivity index (χ4n) is 3.14. The van der Waals surface area contributed by atoms with Crippen molar-refractivity contribution in [1.82, 2.24) is 0 Å². The maximum atomic E-state index is 13.1. The molecular weight excluding hydrogens is 372 g/mol. The predicted octanol–water partition coefficient (Wildman–Crippen LogP) is 2.86. The molecule has 0 spiro atoms. The van der Waals surface area contributed by atoms with Crippen LogP contribution in [0.3, 0.4) is 0 Å². The number of nitrogens with zero attached hydrogens (tertiary/aromatic N) is 4. The van der Waals surface area contributed by atoms with Gasteiger partial charge in [0.1, 0.15) is 11.5 Å². The lowest BCUT2D eigenvalue weighted by Gasteiger charge is -2.21. The molecule has 8 nitrogen and oxygen atoms in total. The second-order valence-corrected chi connectivity index (χ2v) is 6.43. The minimum atomic E-state index is -0.898. The molecule has 0 bridgehead atoms. The largest absolute Gasteiger partial charge is 0.497 e. The van der Waals surface area contributed by atoms with Crippen molar-refractivity contribution in [3.8, 4) is 11.5 Å². The second-order valence-electron chi connectivity index (χ2n) is 6.00. The lowest BCUT2D eigenvalue weighted by molar-refractivity contribution is -0.121. The number of carbonyl (C=O) groups excluding carboxylic acids is 2. The van der Waals surface area contributed by atoms with Gasteiger partial charge in [0.15, 0.2) is 12.1 Å². The molecule has 138 valence electrons. The monoisotopic (exact) mass is 386 g/mol. The van der Waals surface area contributed by atoms with Crippen molar-refractivity contribution in [2.24, 2.45) is 10.3 Å². The maximum absolute atomic E-state index is 13.1. The highest BCUT2D eigenvalue weighted by Crippen LogP contribution is 2.37. The van der Waals surface area contributed by atoms with Crippen LogP contribution in [0.15, 0.2) is 52.8 Å².